The van der Waals surface area contributed by atoms with E-state index in [1.54, 1.807) is 0 Å². The van der Waals surface area contributed by atoms with E-state index >= 15 is 0 Å². The Morgan fingerprint density at radius 2 is 1.72 bits per heavy atom. The van der Waals surface area contributed by atoms with E-state index in [1.165, 1.54) is 11.1 Å². The Bertz CT molecular complexity index is 1110. The first-order valence-electron chi connectivity index (χ1n) is 13.6. The first-order valence-corrected chi connectivity index (χ1v) is 13.6. The van der Waals surface area contributed by atoms with E-state index in [0.717, 1.165) is 101 Å². The number of fused-ring (bicyclic) bond motifs is 2. The Morgan fingerprint density at radius 3 is 2.53 bits per heavy atom. The van der Waals surface area contributed by atoms with Crippen LogP contribution in [0.1, 0.15) is 59.3 Å². The molecule has 1 aliphatic carbocycles. The number of ketones is 1. The molecule has 192 valence electrons. The van der Waals surface area contributed by atoms with Crippen LogP contribution in [0, 0.1) is 0 Å². The lowest BCUT2D eigenvalue weighted by Crippen LogP contribution is -2.39. The van der Waals surface area contributed by atoms with Gasteiger partial charge in [0, 0.05) is 64.7 Å². The number of Topliss-reactive ketones (excluding diaryl/α,β-unsaturated/α-hetero) is 1. The smallest absolute Gasteiger partial charge is 0.227 e. The number of piperidine rings is 1. The summed E-state index contributed by atoms with van der Waals surface area (Å²) in [5.41, 5.74) is 4.49. The van der Waals surface area contributed by atoms with Crippen molar-refractivity contribution in [2.45, 2.75) is 63.5 Å². The van der Waals surface area contributed by atoms with Crippen LogP contribution in [0.15, 0.2) is 18.2 Å². The molecule has 8 heteroatoms. The molecular weight excluding hydrogens is 454 g/mol. The number of aryl methyl sites for hydroxylation is 1. The molecule has 0 bridgehead atoms. The quantitative estimate of drug-likeness (QED) is 0.683. The van der Waals surface area contributed by atoms with E-state index in [1.807, 2.05) is 0 Å². The number of aromatic nitrogens is 2. The number of hydrogen-bond donors (Lipinski definition) is 1. The molecule has 0 atom stereocenters. The molecule has 3 aliphatic heterocycles. The molecule has 2 saturated heterocycles. The van der Waals surface area contributed by atoms with Gasteiger partial charge >= 0.3 is 0 Å². The van der Waals surface area contributed by atoms with Crippen molar-refractivity contribution >= 4 is 17.5 Å². The number of carbonyl (C=O) groups excluding carboxylic acids is 1. The van der Waals surface area contributed by atoms with Crippen molar-refractivity contribution in [3.63, 3.8) is 0 Å². The predicted molar refractivity (Wildman–Crippen MR) is 139 cm³/mol. The lowest BCUT2D eigenvalue weighted by molar-refractivity contribution is 0.0903. The van der Waals surface area contributed by atoms with Crippen LogP contribution in [-0.2, 0) is 24.0 Å². The van der Waals surface area contributed by atoms with Crippen molar-refractivity contribution in [3.8, 4) is 5.75 Å². The fraction of sp³-hybridized carbons (Fsp3) is 0.607. The van der Waals surface area contributed by atoms with Crippen molar-refractivity contribution in [2.75, 3.05) is 56.7 Å². The molecule has 4 heterocycles. The molecule has 1 aromatic heterocycles. The number of nitrogens with zero attached hydrogens (tertiary/aromatic N) is 4. The van der Waals surface area contributed by atoms with E-state index in [0.29, 0.717) is 24.4 Å². The summed E-state index contributed by atoms with van der Waals surface area (Å²) in [4.78, 5) is 27.0. The van der Waals surface area contributed by atoms with E-state index in [9.17, 15) is 4.79 Å². The van der Waals surface area contributed by atoms with E-state index in [-0.39, 0.29) is 11.9 Å². The van der Waals surface area contributed by atoms with Gasteiger partial charge in [-0.3, -0.25) is 4.79 Å². The van der Waals surface area contributed by atoms with Crippen LogP contribution < -0.4 is 15.0 Å². The largest absolute Gasteiger partial charge is 0.490 e. The van der Waals surface area contributed by atoms with Crippen LogP contribution in [0.4, 0.5) is 11.8 Å². The third-order valence-electron chi connectivity index (χ3n) is 8.13. The Hall–Kier alpha value is -2.71. The van der Waals surface area contributed by atoms with Crippen LogP contribution in [0.3, 0.4) is 0 Å². The van der Waals surface area contributed by atoms with Crippen molar-refractivity contribution in [2.24, 2.45) is 0 Å². The van der Waals surface area contributed by atoms with E-state index in [2.05, 4.69) is 40.4 Å². The second-order valence-corrected chi connectivity index (χ2v) is 10.7. The zero-order valence-electron chi connectivity index (χ0n) is 21.3. The Labute approximate surface area is 213 Å². The van der Waals surface area contributed by atoms with Crippen LogP contribution in [-0.4, -0.2) is 79.2 Å². The average molecular weight is 492 g/mol. The normalized spacial score (nSPS) is 21.7. The van der Waals surface area contributed by atoms with Gasteiger partial charge in [-0.25, -0.2) is 4.98 Å². The Morgan fingerprint density at radius 1 is 0.944 bits per heavy atom. The number of hydrogen-bond acceptors (Lipinski definition) is 8. The molecule has 36 heavy (non-hydrogen) atoms. The molecule has 8 nitrogen and oxygen atoms in total. The van der Waals surface area contributed by atoms with Crippen LogP contribution in [0.2, 0.25) is 0 Å². The highest BCUT2D eigenvalue weighted by Crippen LogP contribution is 2.31. The molecule has 0 unspecified atom stereocenters. The number of rotatable bonds is 5. The molecule has 0 radical (unpaired) electrons. The minimum Gasteiger partial charge on any atom is -0.490 e. The second-order valence-electron chi connectivity index (χ2n) is 10.7. The second kappa shape index (κ2) is 10.3. The van der Waals surface area contributed by atoms with E-state index in [4.69, 9.17) is 19.4 Å². The van der Waals surface area contributed by atoms with Gasteiger partial charge in [0.2, 0.25) is 5.95 Å². The van der Waals surface area contributed by atoms with Gasteiger partial charge in [0.1, 0.15) is 17.7 Å². The van der Waals surface area contributed by atoms with Gasteiger partial charge in [0.25, 0.3) is 0 Å². The van der Waals surface area contributed by atoms with Crippen molar-refractivity contribution in [1.82, 2.24) is 14.9 Å². The van der Waals surface area contributed by atoms with Crippen LogP contribution in [0.25, 0.3) is 0 Å². The first-order chi connectivity index (χ1) is 17.6. The first kappa shape index (κ1) is 23.7. The highest BCUT2D eigenvalue weighted by Gasteiger charge is 2.30. The molecule has 2 fully saturated rings. The summed E-state index contributed by atoms with van der Waals surface area (Å²) >= 11 is 0. The van der Waals surface area contributed by atoms with Gasteiger partial charge in [0.05, 0.1) is 11.3 Å². The topological polar surface area (TPSA) is 79.8 Å². The van der Waals surface area contributed by atoms with Gasteiger partial charge in [-0.1, -0.05) is 6.07 Å². The number of benzene rings is 1. The summed E-state index contributed by atoms with van der Waals surface area (Å²) in [6.45, 7) is 5.43. The lowest BCUT2D eigenvalue weighted by atomic mass is 10.0. The standard InChI is InChI=1S/C28H37N5O3/c1-32-12-6-19-2-3-23(18-20(19)7-13-32)36-22-8-14-33(15-9-22)28-30-24-4-5-25(34)26(24)27(31-28)29-21-10-16-35-17-11-21/h2-3,18,21-22H,4-17H2,1H3,(H,29,30,31). The van der Waals surface area contributed by atoms with Gasteiger partial charge < -0.3 is 24.6 Å². The monoisotopic (exact) mass is 491 g/mol. The average Bonchev–Trinajstić information content (AvgIpc) is 3.18. The maximum atomic E-state index is 12.6. The number of carbonyl (C=O) groups is 1. The molecule has 4 aliphatic rings. The molecule has 2 aromatic rings. The minimum absolute atomic E-state index is 0.158. The van der Waals surface area contributed by atoms with Crippen molar-refractivity contribution in [1.29, 1.82) is 0 Å². The summed E-state index contributed by atoms with van der Waals surface area (Å²) in [6, 6.07) is 6.95. The highest BCUT2D eigenvalue weighted by atomic mass is 16.5. The van der Waals surface area contributed by atoms with Crippen LogP contribution in [0.5, 0.6) is 5.75 Å². The molecule has 1 aromatic carbocycles. The van der Waals surface area contributed by atoms with Crippen LogP contribution >= 0.6 is 0 Å². The predicted octanol–water partition coefficient (Wildman–Crippen LogP) is 3.27. The van der Waals surface area contributed by atoms with Gasteiger partial charge in [0.15, 0.2) is 5.78 Å². The molecule has 1 N–H and O–H groups in total. The zero-order chi connectivity index (χ0) is 24.5. The zero-order valence-corrected chi connectivity index (χ0v) is 21.3. The third kappa shape index (κ3) is 5.06. The summed E-state index contributed by atoms with van der Waals surface area (Å²) in [5.74, 6) is 2.61. The maximum Gasteiger partial charge on any atom is 0.227 e. The fourth-order valence-electron chi connectivity index (χ4n) is 5.86. The van der Waals surface area contributed by atoms with Gasteiger partial charge in [-0.2, -0.15) is 4.98 Å². The summed E-state index contributed by atoms with van der Waals surface area (Å²) in [7, 11) is 2.20. The number of ether oxygens (including phenoxy) is 2. The number of nitrogens with one attached hydrogen (secondary N) is 1. The summed E-state index contributed by atoms with van der Waals surface area (Å²) < 4.78 is 11.9. The minimum atomic E-state index is 0.158. The molecule has 0 amide bonds. The van der Waals surface area contributed by atoms with Gasteiger partial charge in [-0.05, 0) is 62.4 Å². The molecule has 0 spiro atoms. The number of likely N-dealkylation sites (N-methyl/N-ethyl adjacent to an activating group) is 1. The SMILES string of the molecule is CN1CCc2ccc(OC3CCN(c4nc5c(c(NC6CCOCC6)n4)C(=O)CC5)CC3)cc2CC1. The highest BCUT2D eigenvalue weighted by molar-refractivity contribution is 6.04. The fourth-order valence-corrected chi connectivity index (χ4v) is 5.86. The maximum absolute atomic E-state index is 12.6. The Kier molecular flexibility index (Phi) is 6.80. The lowest BCUT2D eigenvalue weighted by Gasteiger charge is -2.33. The Balaban J connectivity index is 1.12. The van der Waals surface area contributed by atoms with Crippen molar-refractivity contribution < 1.29 is 14.3 Å². The third-order valence-corrected chi connectivity index (χ3v) is 8.13. The van der Waals surface area contributed by atoms with Gasteiger partial charge in [-0.15, -0.1) is 0 Å². The molecule has 0 saturated carbocycles. The molecule has 6 rings (SSSR count). The summed E-state index contributed by atoms with van der Waals surface area (Å²) in [5, 5.41) is 3.56. The molecular formula is C28H37N5O3. The van der Waals surface area contributed by atoms with E-state index < -0.39 is 0 Å². The number of anilines is 2. The van der Waals surface area contributed by atoms with Crippen molar-refractivity contribution in [3.05, 3.63) is 40.6 Å². The summed E-state index contributed by atoms with van der Waals surface area (Å²) in [6.07, 6.45) is 7.37.